The Morgan fingerprint density at radius 1 is 0.875 bits per heavy atom. The lowest BCUT2D eigenvalue weighted by Crippen LogP contribution is -1.87. The Kier molecular flexibility index (Phi) is 8.93. The fourth-order valence-electron chi connectivity index (χ4n) is 2.57. The normalized spacial score (nSPS) is 10.8. The van der Waals surface area contributed by atoms with E-state index < -0.39 is 0 Å². The molecule has 0 amide bonds. The van der Waals surface area contributed by atoms with Gasteiger partial charge in [0.05, 0.1) is 0 Å². The van der Waals surface area contributed by atoms with E-state index in [-0.39, 0.29) is 0 Å². The number of fused-ring (bicyclic) bond motifs is 1. The summed E-state index contributed by atoms with van der Waals surface area (Å²) in [5, 5.41) is 2.46. The summed E-state index contributed by atoms with van der Waals surface area (Å²) >= 11 is 0. The number of benzene rings is 1. The number of hydrogen-bond acceptors (Lipinski definition) is 0. The molecular weight excluding hydrogens is 288 g/mol. The molecule has 2 aromatic rings. The third kappa shape index (κ3) is 5.24. The van der Waals surface area contributed by atoms with Crippen LogP contribution in [0.1, 0.15) is 31.9 Å². The highest BCUT2D eigenvalue weighted by Crippen LogP contribution is 2.27. The summed E-state index contributed by atoms with van der Waals surface area (Å²) in [6.07, 6.45) is 8.11. The smallest absolute Gasteiger partial charge is 0.00762 e. The number of rotatable bonds is 3. The lowest BCUT2D eigenvalue weighted by atomic mass is 9.95. The van der Waals surface area contributed by atoms with Gasteiger partial charge in [0.25, 0.3) is 0 Å². The molecule has 0 radical (unpaired) electrons. The molecular formula is C24H28. The first-order valence-electron chi connectivity index (χ1n) is 8.55. The van der Waals surface area contributed by atoms with Crippen molar-refractivity contribution in [3.05, 3.63) is 103 Å². The number of aryl methyl sites for hydroxylation is 1. The van der Waals surface area contributed by atoms with Crippen LogP contribution in [0.2, 0.25) is 0 Å². The van der Waals surface area contributed by atoms with Gasteiger partial charge in [0, 0.05) is 0 Å². The Morgan fingerprint density at radius 2 is 1.46 bits per heavy atom. The van der Waals surface area contributed by atoms with E-state index >= 15 is 0 Å². The second-order valence-corrected chi connectivity index (χ2v) is 5.11. The van der Waals surface area contributed by atoms with Crippen LogP contribution < -0.4 is 0 Å². The SMILES string of the molecule is C=C/C=C(\C=C/C)c1c(C)ccccccc2ccccc12.CC. The zero-order valence-electron chi connectivity index (χ0n) is 15.3. The summed E-state index contributed by atoms with van der Waals surface area (Å²) in [5.74, 6) is 0. The van der Waals surface area contributed by atoms with Gasteiger partial charge < -0.3 is 0 Å². The molecule has 124 valence electrons. The fraction of sp³-hybridized carbons (Fsp3) is 0.167. The van der Waals surface area contributed by atoms with E-state index in [2.05, 4.69) is 92.4 Å². The third-order valence-electron chi connectivity index (χ3n) is 3.51. The summed E-state index contributed by atoms with van der Waals surface area (Å²) in [5.41, 5.74) is 3.65. The molecule has 0 unspecified atom stereocenters. The van der Waals surface area contributed by atoms with Gasteiger partial charge in [-0.2, -0.15) is 0 Å². The van der Waals surface area contributed by atoms with Gasteiger partial charge >= 0.3 is 0 Å². The van der Waals surface area contributed by atoms with E-state index in [1.807, 2.05) is 26.8 Å². The molecule has 0 aliphatic heterocycles. The standard InChI is InChI=1S/C22H22.C2H6/c1-4-12-20(13-5-2)22-18(3)14-8-6-7-9-15-19-16-10-11-17-21(19)22;1-2/h4-17H,1H2,2-3H3;1-2H3/b7-6?,8-6?,9-7?,13-5-,14-8?,15-9?,18-14?,19-15?,20-12+,22-18?,22-21?;. The first kappa shape index (κ1) is 19.4. The maximum atomic E-state index is 3.86. The lowest BCUT2D eigenvalue weighted by Gasteiger charge is -2.09. The molecule has 0 aliphatic rings. The highest BCUT2D eigenvalue weighted by atomic mass is 14.1. The molecule has 2 aromatic carbocycles. The van der Waals surface area contributed by atoms with E-state index in [4.69, 9.17) is 0 Å². The summed E-state index contributed by atoms with van der Waals surface area (Å²) in [7, 11) is 0. The molecule has 2 rings (SSSR count). The predicted molar refractivity (Wildman–Crippen MR) is 111 cm³/mol. The third-order valence-corrected chi connectivity index (χ3v) is 3.51. The summed E-state index contributed by atoms with van der Waals surface area (Å²) < 4.78 is 0. The molecule has 0 nitrogen and oxygen atoms in total. The van der Waals surface area contributed by atoms with Crippen LogP contribution in [0.5, 0.6) is 0 Å². The van der Waals surface area contributed by atoms with Gasteiger partial charge in [-0.3, -0.25) is 0 Å². The lowest BCUT2D eigenvalue weighted by molar-refractivity contribution is 1.47. The van der Waals surface area contributed by atoms with Crippen molar-refractivity contribution in [3.63, 3.8) is 0 Å². The van der Waals surface area contributed by atoms with Crippen molar-refractivity contribution < 1.29 is 0 Å². The van der Waals surface area contributed by atoms with Gasteiger partial charge in [0.15, 0.2) is 0 Å². The van der Waals surface area contributed by atoms with Gasteiger partial charge in [0.1, 0.15) is 0 Å². The predicted octanol–water partition coefficient (Wildman–Crippen LogP) is 7.44. The minimum atomic E-state index is 1.17. The van der Waals surface area contributed by atoms with Gasteiger partial charge in [-0.1, -0.05) is 105 Å². The van der Waals surface area contributed by atoms with Crippen LogP contribution in [-0.2, 0) is 0 Å². The topological polar surface area (TPSA) is 0 Å². The zero-order chi connectivity index (χ0) is 17.8. The molecule has 0 atom stereocenters. The molecule has 0 spiro atoms. The average molecular weight is 316 g/mol. The maximum Gasteiger partial charge on any atom is -0.00762 e. The van der Waals surface area contributed by atoms with Crippen molar-refractivity contribution in [2.75, 3.05) is 0 Å². The van der Waals surface area contributed by atoms with Crippen molar-refractivity contribution in [3.8, 4) is 0 Å². The van der Waals surface area contributed by atoms with Crippen LogP contribution in [0.15, 0.2) is 91.5 Å². The van der Waals surface area contributed by atoms with Crippen molar-refractivity contribution >= 4 is 16.3 Å². The molecule has 0 fully saturated rings. The Labute approximate surface area is 147 Å². The Bertz CT molecular complexity index is 775. The average Bonchev–Trinajstić information content (AvgIpc) is 2.61. The molecule has 0 bridgehead atoms. The van der Waals surface area contributed by atoms with E-state index in [0.717, 1.165) is 0 Å². The molecule has 0 aromatic heterocycles. The molecule has 0 aliphatic carbocycles. The van der Waals surface area contributed by atoms with Crippen LogP contribution in [-0.4, -0.2) is 0 Å². The maximum absolute atomic E-state index is 3.86. The summed E-state index contributed by atoms with van der Waals surface area (Å²) in [4.78, 5) is 0. The Balaban J connectivity index is 0.00000139. The van der Waals surface area contributed by atoms with Crippen LogP contribution in [0.25, 0.3) is 16.3 Å². The zero-order valence-corrected chi connectivity index (χ0v) is 15.3. The molecule has 24 heavy (non-hydrogen) atoms. The van der Waals surface area contributed by atoms with Crippen molar-refractivity contribution in [1.29, 1.82) is 0 Å². The quantitative estimate of drug-likeness (QED) is 0.516. The van der Waals surface area contributed by atoms with Crippen molar-refractivity contribution in [2.24, 2.45) is 0 Å². The molecule has 0 heterocycles. The number of allylic oxidation sites excluding steroid dienone is 5. The molecule has 0 heteroatoms. The van der Waals surface area contributed by atoms with Crippen molar-refractivity contribution in [1.82, 2.24) is 0 Å². The van der Waals surface area contributed by atoms with E-state index in [1.54, 1.807) is 0 Å². The van der Waals surface area contributed by atoms with E-state index in [0.29, 0.717) is 0 Å². The minimum absolute atomic E-state index is 1.17. The first-order valence-corrected chi connectivity index (χ1v) is 8.55. The summed E-state index contributed by atoms with van der Waals surface area (Å²) in [6, 6.07) is 21.1. The largest absolute Gasteiger partial charge is 0.0990 e. The van der Waals surface area contributed by atoms with Gasteiger partial charge in [-0.05, 0) is 41.3 Å². The summed E-state index contributed by atoms with van der Waals surface area (Å²) in [6.45, 7) is 12.1. The molecule has 0 saturated heterocycles. The van der Waals surface area contributed by atoms with Crippen LogP contribution in [0.4, 0.5) is 0 Å². The second kappa shape index (κ2) is 11.0. The van der Waals surface area contributed by atoms with E-state index in [9.17, 15) is 0 Å². The monoisotopic (exact) mass is 316 g/mol. The molecule has 0 saturated carbocycles. The van der Waals surface area contributed by atoms with E-state index in [1.165, 1.54) is 27.5 Å². The van der Waals surface area contributed by atoms with Gasteiger partial charge in [0.2, 0.25) is 0 Å². The second-order valence-electron chi connectivity index (χ2n) is 5.11. The van der Waals surface area contributed by atoms with Crippen molar-refractivity contribution in [2.45, 2.75) is 27.7 Å². The fourth-order valence-corrected chi connectivity index (χ4v) is 2.57. The van der Waals surface area contributed by atoms with Gasteiger partial charge in [-0.15, -0.1) is 0 Å². The van der Waals surface area contributed by atoms with Crippen LogP contribution in [0.3, 0.4) is 0 Å². The highest BCUT2D eigenvalue weighted by molar-refractivity contribution is 5.96. The van der Waals surface area contributed by atoms with Crippen LogP contribution in [0, 0.1) is 6.92 Å². The highest BCUT2D eigenvalue weighted by Gasteiger charge is 2.04. The van der Waals surface area contributed by atoms with Crippen LogP contribution >= 0.6 is 0 Å². The number of hydrogen-bond donors (Lipinski definition) is 0. The Hall–Kier alpha value is -2.60. The first-order chi connectivity index (χ1) is 11.8. The molecule has 0 N–H and O–H groups in total. The minimum Gasteiger partial charge on any atom is -0.0990 e. The van der Waals surface area contributed by atoms with Gasteiger partial charge in [-0.25, -0.2) is 0 Å². The Morgan fingerprint density at radius 3 is 2.08 bits per heavy atom.